The second-order valence-electron chi connectivity index (χ2n) is 8.98. The first-order valence-electron chi connectivity index (χ1n) is 11.4. The van der Waals surface area contributed by atoms with Gasteiger partial charge in [-0.05, 0) is 42.6 Å². The molecule has 5 rings (SSSR count). The van der Waals surface area contributed by atoms with Crippen molar-refractivity contribution < 1.29 is 4.79 Å². The van der Waals surface area contributed by atoms with E-state index in [0.717, 1.165) is 47.6 Å². The van der Waals surface area contributed by atoms with Gasteiger partial charge >= 0.3 is 0 Å². The summed E-state index contributed by atoms with van der Waals surface area (Å²) >= 11 is 1.54. The van der Waals surface area contributed by atoms with Gasteiger partial charge in [0.15, 0.2) is 0 Å². The summed E-state index contributed by atoms with van der Waals surface area (Å²) in [5, 5.41) is 2.51. The normalized spacial score (nSPS) is 16.9. The summed E-state index contributed by atoms with van der Waals surface area (Å²) in [5.41, 5.74) is 5.38. The van der Waals surface area contributed by atoms with Gasteiger partial charge in [-0.15, -0.1) is 11.3 Å². The van der Waals surface area contributed by atoms with E-state index in [1.165, 1.54) is 39.1 Å². The Bertz CT molecular complexity index is 1300. The maximum atomic E-state index is 13.0. The lowest BCUT2D eigenvalue weighted by molar-refractivity contribution is 0.0831. The fraction of sp³-hybridized carbons (Fsp3) is 0.385. The SMILES string of the molecule is CCc1c(CN2CC[C@H](c3c(C(=O)N(C)C)sc4ncccc34)C2)c2ccccc2n1C. The summed E-state index contributed by atoms with van der Waals surface area (Å²) < 4.78 is 2.35. The lowest BCUT2D eigenvalue weighted by Crippen LogP contribution is -2.23. The topological polar surface area (TPSA) is 41.4 Å². The average Bonchev–Trinajstić information content (AvgIpc) is 3.48. The number of carbonyl (C=O) groups excluding carboxylic acids is 1. The number of nitrogens with zero attached hydrogens (tertiary/aromatic N) is 4. The van der Waals surface area contributed by atoms with Gasteiger partial charge in [-0.1, -0.05) is 31.2 Å². The number of amides is 1. The van der Waals surface area contributed by atoms with Gasteiger partial charge in [0.2, 0.25) is 0 Å². The number of fused-ring (bicyclic) bond motifs is 2. The van der Waals surface area contributed by atoms with E-state index in [4.69, 9.17) is 0 Å². The quantitative estimate of drug-likeness (QED) is 0.431. The number of hydrogen-bond donors (Lipinski definition) is 0. The van der Waals surface area contributed by atoms with Crippen LogP contribution in [0.2, 0.25) is 0 Å². The van der Waals surface area contributed by atoms with Crippen LogP contribution in [-0.4, -0.2) is 52.4 Å². The van der Waals surface area contributed by atoms with Crippen LogP contribution in [0.25, 0.3) is 21.1 Å². The molecular formula is C26H30N4OS. The number of likely N-dealkylation sites (tertiary alicyclic amines) is 1. The molecule has 5 nitrogen and oxygen atoms in total. The number of para-hydroxylation sites is 1. The molecule has 1 aliphatic heterocycles. The molecule has 1 amide bonds. The molecule has 0 saturated carbocycles. The maximum absolute atomic E-state index is 13.0. The molecule has 1 fully saturated rings. The number of pyridine rings is 1. The molecular weight excluding hydrogens is 416 g/mol. The van der Waals surface area contributed by atoms with E-state index in [1.807, 2.05) is 26.4 Å². The summed E-state index contributed by atoms with van der Waals surface area (Å²) in [6.07, 6.45) is 3.92. The summed E-state index contributed by atoms with van der Waals surface area (Å²) in [7, 11) is 5.84. The number of carbonyl (C=O) groups is 1. The monoisotopic (exact) mass is 446 g/mol. The predicted molar refractivity (Wildman–Crippen MR) is 133 cm³/mol. The summed E-state index contributed by atoms with van der Waals surface area (Å²) in [5.74, 6) is 0.440. The van der Waals surface area contributed by atoms with Crippen molar-refractivity contribution in [1.29, 1.82) is 0 Å². The first-order chi connectivity index (χ1) is 15.5. The highest BCUT2D eigenvalue weighted by Crippen LogP contribution is 2.40. The molecule has 0 unspecified atom stereocenters. The first kappa shape index (κ1) is 21.2. The van der Waals surface area contributed by atoms with Crippen LogP contribution in [0.5, 0.6) is 0 Å². The number of hydrogen-bond acceptors (Lipinski definition) is 4. The zero-order valence-electron chi connectivity index (χ0n) is 19.3. The third kappa shape index (κ3) is 3.42. The average molecular weight is 447 g/mol. The van der Waals surface area contributed by atoms with Crippen LogP contribution in [0.3, 0.4) is 0 Å². The zero-order valence-corrected chi connectivity index (χ0v) is 20.1. The second-order valence-corrected chi connectivity index (χ2v) is 9.98. The summed E-state index contributed by atoms with van der Waals surface area (Å²) in [4.78, 5) is 23.6. The molecule has 0 aliphatic carbocycles. The molecule has 0 spiro atoms. The number of rotatable bonds is 5. The third-order valence-electron chi connectivity index (χ3n) is 6.85. The minimum atomic E-state index is 0.0868. The van der Waals surface area contributed by atoms with E-state index in [9.17, 15) is 4.79 Å². The highest BCUT2D eigenvalue weighted by atomic mass is 32.1. The number of aryl methyl sites for hydroxylation is 1. The van der Waals surface area contributed by atoms with Gasteiger partial charge in [-0.2, -0.15) is 0 Å². The van der Waals surface area contributed by atoms with Crippen LogP contribution in [0.4, 0.5) is 0 Å². The Morgan fingerprint density at radius 1 is 1.19 bits per heavy atom. The molecule has 1 saturated heterocycles. The van der Waals surface area contributed by atoms with Crippen molar-refractivity contribution in [2.75, 3.05) is 27.2 Å². The Labute approximate surface area is 193 Å². The van der Waals surface area contributed by atoms with E-state index in [-0.39, 0.29) is 5.91 Å². The minimum Gasteiger partial charge on any atom is -0.347 e. The molecule has 1 atom stereocenters. The molecule has 4 heterocycles. The van der Waals surface area contributed by atoms with Gasteiger partial charge in [-0.25, -0.2) is 4.98 Å². The smallest absolute Gasteiger partial charge is 0.263 e. The van der Waals surface area contributed by atoms with Crippen LogP contribution >= 0.6 is 11.3 Å². The van der Waals surface area contributed by atoms with Crippen LogP contribution in [0, 0.1) is 0 Å². The van der Waals surface area contributed by atoms with Crippen LogP contribution in [0.1, 0.15) is 45.8 Å². The molecule has 0 radical (unpaired) electrons. The van der Waals surface area contributed by atoms with Crippen molar-refractivity contribution in [3.05, 3.63) is 64.3 Å². The Hall–Kier alpha value is -2.70. The van der Waals surface area contributed by atoms with E-state index >= 15 is 0 Å². The van der Waals surface area contributed by atoms with Gasteiger partial charge in [0, 0.05) is 68.3 Å². The van der Waals surface area contributed by atoms with Crippen molar-refractivity contribution in [1.82, 2.24) is 19.4 Å². The van der Waals surface area contributed by atoms with Crippen molar-refractivity contribution in [2.45, 2.75) is 32.2 Å². The highest BCUT2D eigenvalue weighted by molar-refractivity contribution is 7.20. The Morgan fingerprint density at radius 3 is 2.75 bits per heavy atom. The number of thiophene rings is 1. The van der Waals surface area contributed by atoms with Crippen molar-refractivity contribution >= 4 is 38.4 Å². The Kier molecular flexibility index (Phi) is 5.51. The molecule has 4 aromatic rings. The minimum absolute atomic E-state index is 0.0868. The van der Waals surface area contributed by atoms with E-state index < -0.39 is 0 Å². The first-order valence-corrected chi connectivity index (χ1v) is 12.2. The number of aromatic nitrogens is 2. The molecule has 1 aliphatic rings. The lowest BCUT2D eigenvalue weighted by Gasteiger charge is -2.18. The zero-order chi connectivity index (χ0) is 22.4. The highest BCUT2D eigenvalue weighted by Gasteiger charge is 2.32. The Morgan fingerprint density at radius 2 is 1.97 bits per heavy atom. The van der Waals surface area contributed by atoms with E-state index in [2.05, 4.69) is 58.8 Å². The van der Waals surface area contributed by atoms with Crippen LogP contribution in [-0.2, 0) is 20.0 Å². The van der Waals surface area contributed by atoms with Gasteiger partial charge in [0.25, 0.3) is 5.91 Å². The number of benzene rings is 1. The maximum Gasteiger partial charge on any atom is 0.263 e. The van der Waals surface area contributed by atoms with Gasteiger partial charge in [0.05, 0.1) is 4.88 Å². The third-order valence-corrected chi connectivity index (χ3v) is 7.96. The molecule has 6 heteroatoms. The van der Waals surface area contributed by atoms with Crippen molar-refractivity contribution in [2.24, 2.45) is 7.05 Å². The van der Waals surface area contributed by atoms with Gasteiger partial charge in [0.1, 0.15) is 4.83 Å². The van der Waals surface area contributed by atoms with Crippen molar-refractivity contribution in [3.63, 3.8) is 0 Å². The van der Waals surface area contributed by atoms with Gasteiger partial charge < -0.3 is 9.47 Å². The Balaban J connectivity index is 1.48. The van der Waals surface area contributed by atoms with Crippen LogP contribution < -0.4 is 0 Å². The van der Waals surface area contributed by atoms with E-state index in [1.54, 1.807) is 4.90 Å². The van der Waals surface area contributed by atoms with E-state index in [0.29, 0.717) is 5.92 Å². The molecule has 0 bridgehead atoms. The fourth-order valence-corrected chi connectivity index (χ4v) is 6.56. The van der Waals surface area contributed by atoms with Gasteiger partial charge in [-0.3, -0.25) is 9.69 Å². The van der Waals surface area contributed by atoms with Crippen LogP contribution in [0.15, 0.2) is 42.6 Å². The molecule has 32 heavy (non-hydrogen) atoms. The lowest BCUT2D eigenvalue weighted by atomic mass is 9.95. The summed E-state index contributed by atoms with van der Waals surface area (Å²) in [6.45, 7) is 5.22. The second kappa shape index (κ2) is 8.34. The molecule has 166 valence electrons. The molecule has 3 aromatic heterocycles. The fourth-order valence-electron chi connectivity index (χ4n) is 5.31. The van der Waals surface area contributed by atoms with Crippen molar-refractivity contribution in [3.8, 4) is 0 Å². The largest absolute Gasteiger partial charge is 0.347 e. The standard InChI is InChI=1S/C26H30N4OS/c1-5-21-20(18-9-6-7-11-22(18)29(21)4)16-30-14-12-17(15-30)23-19-10-8-13-27-25(19)32-24(23)26(31)28(2)3/h6-11,13,17H,5,12,14-16H2,1-4H3/t17-/m0/s1. The molecule has 1 aromatic carbocycles. The predicted octanol–water partition coefficient (Wildman–Crippen LogP) is 5.04. The molecule has 0 N–H and O–H groups in total. The summed E-state index contributed by atoms with van der Waals surface area (Å²) in [6, 6.07) is 12.8.